The van der Waals surface area contributed by atoms with E-state index in [2.05, 4.69) is 5.32 Å². The van der Waals surface area contributed by atoms with Crippen LogP contribution < -0.4 is 11.1 Å². The Morgan fingerprint density at radius 2 is 2.05 bits per heavy atom. The number of aliphatic carboxylic acids is 1. The fourth-order valence-corrected chi connectivity index (χ4v) is 1.81. The van der Waals surface area contributed by atoms with Gasteiger partial charge in [-0.3, -0.25) is 9.59 Å². The summed E-state index contributed by atoms with van der Waals surface area (Å²) < 4.78 is 0. The highest BCUT2D eigenvalue weighted by atomic mass is 35.5. The Balaban J connectivity index is 2.83. The molecule has 7 heteroatoms. The van der Waals surface area contributed by atoms with Crippen molar-refractivity contribution in [2.75, 3.05) is 0 Å². The molecule has 20 heavy (non-hydrogen) atoms. The van der Waals surface area contributed by atoms with Gasteiger partial charge in [-0.2, -0.15) is 0 Å². The molecule has 6 nitrogen and oxygen atoms in total. The van der Waals surface area contributed by atoms with Crippen molar-refractivity contribution in [2.24, 2.45) is 5.73 Å². The minimum atomic E-state index is -1.22. The summed E-state index contributed by atoms with van der Waals surface area (Å²) in [5.74, 6) is -2.40. The molecule has 0 aliphatic heterocycles. The Morgan fingerprint density at radius 3 is 2.60 bits per heavy atom. The summed E-state index contributed by atoms with van der Waals surface area (Å²) in [7, 11) is 0. The summed E-state index contributed by atoms with van der Waals surface area (Å²) in [5.41, 5.74) is 5.82. The molecule has 0 aliphatic carbocycles. The number of carboxylic acids is 1. The van der Waals surface area contributed by atoms with E-state index in [0.29, 0.717) is 16.1 Å². The average Bonchev–Trinajstić information content (AvgIpc) is 2.36. The van der Waals surface area contributed by atoms with E-state index in [1.165, 1.54) is 0 Å². The van der Waals surface area contributed by atoms with Crippen LogP contribution in [-0.2, 0) is 9.59 Å². The van der Waals surface area contributed by atoms with E-state index >= 15 is 0 Å². The molecule has 0 aromatic heterocycles. The van der Waals surface area contributed by atoms with Crippen LogP contribution in [0.3, 0.4) is 0 Å². The molecule has 0 bridgehead atoms. The molecule has 0 saturated carbocycles. The van der Waals surface area contributed by atoms with Gasteiger partial charge in [0, 0.05) is 17.0 Å². The number of hydrogen-bond acceptors (Lipinski definition) is 3. The predicted molar refractivity (Wildman–Crippen MR) is 73.5 cm³/mol. The Morgan fingerprint density at radius 1 is 1.40 bits per heavy atom. The van der Waals surface area contributed by atoms with Crippen molar-refractivity contribution >= 4 is 29.4 Å². The topological polar surface area (TPSA) is 109 Å². The number of nitrogens with one attached hydrogen (secondary N) is 1. The van der Waals surface area contributed by atoms with Gasteiger partial charge in [-0.1, -0.05) is 17.7 Å². The lowest BCUT2D eigenvalue weighted by atomic mass is 10.1. The van der Waals surface area contributed by atoms with Crippen molar-refractivity contribution in [1.29, 1.82) is 0 Å². The number of rotatable bonds is 6. The highest BCUT2D eigenvalue weighted by Gasteiger charge is 2.22. The Bertz CT molecular complexity index is 545. The lowest BCUT2D eigenvalue weighted by molar-refractivity contribution is -0.139. The number of carbonyl (C=O) groups excluding carboxylic acids is 2. The molecule has 1 aromatic carbocycles. The van der Waals surface area contributed by atoms with Crippen LogP contribution in [0.25, 0.3) is 0 Å². The quantitative estimate of drug-likeness (QED) is 0.730. The molecule has 0 unspecified atom stereocenters. The summed E-state index contributed by atoms with van der Waals surface area (Å²) in [6.07, 6.45) is -0.179. The summed E-state index contributed by atoms with van der Waals surface area (Å²) in [5, 5.41) is 11.8. The first-order valence-electron chi connectivity index (χ1n) is 5.90. The maximum absolute atomic E-state index is 12.0. The van der Waals surface area contributed by atoms with Crippen LogP contribution in [0.15, 0.2) is 18.2 Å². The molecule has 1 atom stereocenters. The van der Waals surface area contributed by atoms with E-state index in [0.717, 1.165) is 0 Å². The van der Waals surface area contributed by atoms with E-state index in [1.54, 1.807) is 25.1 Å². The molecule has 2 amide bonds. The summed E-state index contributed by atoms with van der Waals surface area (Å²) in [4.78, 5) is 33.7. The highest BCUT2D eigenvalue weighted by molar-refractivity contribution is 6.31. The summed E-state index contributed by atoms with van der Waals surface area (Å²) in [6, 6.07) is 3.61. The third kappa shape index (κ3) is 4.24. The normalized spacial score (nSPS) is 11.7. The molecule has 1 aromatic rings. The van der Waals surface area contributed by atoms with Gasteiger partial charge in [0.15, 0.2) is 0 Å². The first-order chi connectivity index (χ1) is 9.32. The number of hydrogen-bond donors (Lipinski definition) is 3. The number of carbonyl (C=O) groups is 3. The lowest BCUT2D eigenvalue weighted by Gasteiger charge is -2.15. The molecule has 0 radical (unpaired) electrons. The standard InChI is InChI=1S/C13H15ClN2O4/c1-7-8(3-2-4-9(7)14)12(18)16-10(13(19)20)5-6-11(15)17/h2-4,10H,5-6H2,1H3,(H2,15,17)(H,16,18)(H,19,20)/t10-/m1/s1. The van der Waals surface area contributed by atoms with E-state index in [9.17, 15) is 14.4 Å². The number of halogens is 1. The first kappa shape index (κ1) is 16.0. The summed E-state index contributed by atoms with van der Waals surface area (Å²) in [6.45, 7) is 1.66. The number of primary amides is 1. The van der Waals surface area contributed by atoms with Gasteiger partial charge in [0.25, 0.3) is 5.91 Å². The lowest BCUT2D eigenvalue weighted by Crippen LogP contribution is -2.41. The van der Waals surface area contributed by atoms with E-state index < -0.39 is 23.8 Å². The minimum Gasteiger partial charge on any atom is -0.480 e. The fraction of sp³-hybridized carbons (Fsp3) is 0.308. The first-order valence-corrected chi connectivity index (χ1v) is 6.27. The minimum absolute atomic E-state index is 0.0595. The van der Waals surface area contributed by atoms with Crippen molar-refractivity contribution < 1.29 is 19.5 Å². The van der Waals surface area contributed by atoms with Crippen molar-refractivity contribution in [1.82, 2.24) is 5.32 Å². The monoisotopic (exact) mass is 298 g/mol. The number of amides is 2. The summed E-state index contributed by atoms with van der Waals surface area (Å²) >= 11 is 5.90. The zero-order valence-corrected chi connectivity index (χ0v) is 11.6. The zero-order chi connectivity index (χ0) is 15.3. The Hall–Kier alpha value is -2.08. The molecular formula is C13H15ClN2O4. The average molecular weight is 299 g/mol. The SMILES string of the molecule is Cc1c(Cl)cccc1C(=O)N[C@H](CCC(N)=O)C(=O)O. The Kier molecular flexibility index (Phi) is 5.52. The smallest absolute Gasteiger partial charge is 0.326 e. The fourth-order valence-electron chi connectivity index (χ4n) is 1.63. The molecule has 1 rings (SSSR count). The van der Waals surface area contributed by atoms with Crippen LogP contribution in [0.5, 0.6) is 0 Å². The molecular weight excluding hydrogens is 284 g/mol. The van der Waals surface area contributed by atoms with Gasteiger partial charge in [-0.15, -0.1) is 0 Å². The van der Waals surface area contributed by atoms with Crippen molar-refractivity contribution in [3.8, 4) is 0 Å². The van der Waals surface area contributed by atoms with Crippen LogP contribution in [0, 0.1) is 6.92 Å². The molecule has 0 fully saturated rings. The second-order valence-electron chi connectivity index (χ2n) is 4.28. The van der Waals surface area contributed by atoms with Crippen LogP contribution in [-0.4, -0.2) is 28.9 Å². The van der Waals surface area contributed by atoms with Gasteiger partial charge in [-0.05, 0) is 31.0 Å². The third-order valence-corrected chi connectivity index (χ3v) is 3.20. The number of benzene rings is 1. The molecule has 108 valence electrons. The molecule has 4 N–H and O–H groups in total. The van der Waals surface area contributed by atoms with Crippen LogP contribution in [0.2, 0.25) is 5.02 Å². The van der Waals surface area contributed by atoms with Gasteiger partial charge >= 0.3 is 5.97 Å². The predicted octanol–water partition coefficient (Wildman–Crippen LogP) is 1.10. The van der Waals surface area contributed by atoms with Gasteiger partial charge in [0.2, 0.25) is 5.91 Å². The highest BCUT2D eigenvalue weighted by Crippen LogP contribution is 2.18. The van der Waals surface area contributed by atoms with Crippen LogP contribution in [0.4, 0.5) is 0 Å². The van der Waals surface area contributed by atoms with Crippen LogP contribution in [0.1, 0.15) is 28.8 Å². The second kappa shape index (κ2) is 6.91. The number of carboxylic acid groups (broad SMARTS) is 1. The molecule has 0 saturated heterocycles. The maximum Gasteiger partial charge on any atom is 0.326 e. The number of nitrogens with two attached hydrogens (primary N) is 1. The van der Waals surface area contributed by atoms with Crippen LogP contribution >= 0.6 is 11.6 Å². The maximum atomic E-state index is 12.0. The molecule has 0 aliphatic rings. The van der Waals surface area contributed by atoms with Crippen molar-refractivity contribution in [3.05, 3.63) is 34.3 Å². The third-order valence-electron chi connectivity index (χ3n) is 2.80. The van der Waals surface area contributed by atoms with Gasteiger partial charge < -0.3 is 16.2 Å². The van der Waals surface area contributed by atoms with Crippen molar-refractivity contribution in [3.63, 3.8) is 0 Å². The molecule has 0 heterocycles. The van der Waals surface area contributed by atoms with E-state index in [1.807, 2.05) is 0 Å². The molecule has 0 spiro atoms. The van der Waals surface area contributed by atoms with E-state index in [4.69, 9.17) is 22.4 Å². The van der Waals surface area contributed by atoms with Gasteiger partial charge in [-0.25, -0.2) is 4.79 Å². The second-order valence-corrected chi connectivity index (χ2v) is 4.69. The van der Waals surface area contributed by atoms with Gasteiger partial charge in [0.1, 0.15) is 6.04 Å². The van der Waals surface area contributed by atoms with Crippen molar-refractivity contribution in [2.45, 2.75) is 25.8 Å². The Labute approximate surface area is 120 Å². The largest absolute Gasteiger partial charge is 0.480 e. The van der Waals surface area contributed by atoms with Gasteiger partial charge in [0.05, 0.1) is 0 Å². The zero-order valence-electron chi connectivity index (χ0n) is 10.9. The van der Waals surface area contributed by atoms with E-state index in [-0.39, 0.29) is 12.8 Å².